The molecule has 21 heavy (non-hydrogen) atoms. The highest BCUT2D eigenvalue weighted by Gasteiger charge is 2.16. The summed E-state index contributed by atoms with van der Waals surface area (Å²) in [7, 11) is 0. The Morgan fingerprint density at radius 2 is 2.05 bits per heavy atom. The molecule has 2 heterocycles. The van der Waals surface area contributed by atoms with Crippen molar-refractivity contribution < 1.29 is 4.39 Å². The lowest BCUT2D eigenvalue weighted by atomic mass is 10.1. The van der Waals surface area contributed by atoms with Crippen molar-refractivity contribution in [1.29, 1.82) is 0 Å². The van der Waals surface area contributed by atoms with Crippen molar-refractivity contribution in [2.75, 3.05) is 23.3 Å². The van der Waals surface area contributed by atoms with Gasteiger partial charge in [0.15, 0.2) is 5.82 Å². The first-order valence-electron chi connectivity index (χ1n) is 7.43. The van der Waals surface area contributed by atoms with Gasteiger partial charge in [-0.25, -0.2) is 9.37 Å². The quantitative estimate of drug-likeness (QED) is 0.927. The van der Waals surface area contributed by atoms with Crippen LogP contribution in [0.5, 0.6) is 0 Å². The molecule has 1 N–H and O–H groups in total. The highest BCUT2D eigenvalue weighted by Crippen LogP contribution is 2.26. The fourth-order valence-corrected chi connectivity index (χ4v) is 2.76. The summed E-state index contributed by atoms with van der Waals surface area (Å²) in [6, 6.07) is 8.92. The van der Waals surface area contributed by atoms with Crippen LogP contribution in [0.1, 0.15) is 24.0 Å². The maximum absolute atomic E-state index is 13.1. The van der Waals surface area contributed by atoms with Crippen LogP contribution in [0.3, 0.4) is 0 Å². The van der Waals surface area contributed by atoms with Crippen LogP contribution in [0.2, 0.25) is 0 Å². The summed E-state index contributed by atoms with van der Waals surface area (Å²) in [5, 5.41) is 3.44. The molecule has 1 aromatic carbocycles. The van der Waals surface area contributed by atoms with Crippen molar-refractivity contribution in [3.63, 3.8) is 0 Å². The molecule has 0 atom stereocenters. The molecule has 110 valence electrons. The fraction of sp³-hybridized carbons (Fsp3) is 0.353. The second-order valence-electron chi connectivity index (χ2n) is 5.49. The van der Waals surface area contributed by atoms with E-state index in [0.717, 1.165) is 35.7 Å². The molecule has 2 aromatic rings. The first-order valence-corrected chi connectivity index (χ1v) is 7.43. The van der Waals surface area contributed by atoms with Gasteiger partial charge in [0, 0.05) is 25.8 Å². The van der Waals surface area contributed by atoms with Crippen LogP contribution in [0.4, 0.5) is 15.9 Å². The molecule has 0 unspecified atom stereocenters. The van der Waals surface area contributed by atoms with Crippen molar-refractivity contribution in [3.8, 4) is 0 Å². The number of aromatic nitrogens is 1. The van der Waals surface area contributed by atoms with Crippen molar-refractivity contribution in [2.45, 2.75) is 26.3 Å². The lowest BCUT2D eigenvalue weighted by molar-refractivity contribution is 0.625. The Morgan fingerprint density at radius 3 is 2.81 bits per heavy atom. The van der Waals surface area contributed by atoms with Crippen LogP contribution in [0.25, 0.3) is 0 Å². The number of hydrogen-bond acceptors (Lipinski definition) is 3. The van der Waals surface area contributed by atoms with E-state index in [0.29, 0.717) is 6.54 Å². The van der Waals surface area contributed by atoms with Crippen LogP contribution in [0.15, 0.2) is 36.5 Å². The van der Waals surface area contributed by atoms with Gasteiger partial charge < -0.3 is 10.2 Å². The maximum Gasteiger partial charge on any atom is 0.151 e. The summed E-state index contributed by atoms with van der Waals surface area (Å²) in [4.78, 5) is 6.83. The van der Waals surface area contributed by atoms with Gasteiger partial charge in [0.2, 0.25) is 0 Å². The topological polar surface area (TPSA) is 28.2 Å². The predicted octanol–water partition coefficient (Wildman–Crippen LogP) is 3.74. The number of rotatable bonds is 4. The summed E-state index contributed by atoms with van der Waals surface area (Å²) in [6.07, 6.45) is 4.29. The van der Waals surface area contributed by atoms with Gasteiger partial charge in [0.25, 0.3) is 0 Å². The number of halogens is 1. The number of aryl methyl sites for hydroxylation is 1. The molecule has 0 aliphatic carbocycles. The Morgan fingerprint density at radius 1 is 1.24 bits per heavy atom. The van der Waals surface area contributed by atoms with Crippen molar-refractivity contribution in [2.24, 2.45) is 0 Å². The number of benzene rings is 1. The number of pyridine rings is 1. The third kappa shape index (κ3) is 3.15. The molecule has 0 spiro atoms. The van der Waals surface area contributed by atoms with Crippen LogP contribution < -0.4 is 10.2 Å². The number of hydrogen-bond donors (Lipinski definition) is 1. The van der Waals surface area contributed by atoms with E-state index in [1.54, 1.807) is 6.07 Å². The van der Waals surface area contributed by atoms with Gasteiger partial charge in [0.05, 0.1) is 5.69 Å². The number of anilines is 2. The Labute approximate surface area is 124 Å². The van der Waals surface area contributed by atoms with Gasteiger partial charge in [0.1, 0.15) is 5.82 Å². The van der Waals surface area contributed by atoms with Gasteiger partial charge in [-0.3, -0.25) is 0 Å². The number of nitrogens with one attached hydrogen (secondary N) is 1. The van der Waals surface area contributed by atoms with E-state index in [4.69, 9.17) is 0 Å². The standard InChI is InChI=1S/C17H20FN3/c1-13-11-15(18)7-6-14(13)12-20-16-5-4-8-19-17(16)21-9-2-3-10-21/h4-8,11,20H,2-3,9-10,12H2,1H3. The molecule has 3 nitrogen and oxygen atoms in total. The summed E-state index contributed by atoms with van der Waals surface area (Å²) in [6.45, 7) is 4.76. The van der Waals surface area contributed by atoms with E-state index < -0.39 is 0 Å². The SMILES string of the molecule is Cc1cc(F)ccc1CNc1cccnc1N1CCCC1. The van der Waals surface area contributed by atoms with E-state index in [2.05, 4.69) is 21.3 Å². The molecule has 0 radical (unpaired) electrons. The van der Waals surface area contributed by atoms with E-state index >= 15 is 0 Å². The molecule has 1 saturated heterocycles. The molecule has 1 aliphatic heterocycles. The molecule has 0 amide bonds. The van der Waals surface area contributed by atoms with Gasteiger partial charge >= 0.3 is 0 Å². The average Bonchev–Trinajstić information content (AvgIpc) is 3.01. The third-order valence-corrected chi connectivity index (χ3v) is 3.97. The Bertz CT molecular complexity index is 621. The monoisotopic (exact) mass is 285 g/mol. The summed E-state index contributed by atoms with van der Waals surface area (Å²) < 4.78 is 13.1. The first kappa shape index (κ1) is 13.9. The highest BCUT2D eigenvalue weighted by molar-refractivity contribution is 5.65. The Hall–Kier alpha value is -2.10. The summed E-state index contributed by atoms with van der Waals surface area (Å²) >= 11 is 0. The second kappa shape index (κ2) is 6.12. The molecule has 1 aromatic heterocycles. The van der Waals surface area contributed by atoms with E-state index in [1.165, 1.54) is 18.9 Å². The van der Waals surface area contributed by atoms with Crippen LogP contribution in [-0.4, -0.2) is 18.1 Å². The first-order chi connectivity index (χ1) is 10.2. The lowest BCUT2D eigenvalue weighted by Gasteiger charge is -2.20. The lowest BCUT2D eigenvalue weighted by Crippen LogP contribution is -2.20. The van der Waals surface area contributed by atoms with Crippen molar-refractivity contribution in [1.82, 2.24) is 4.98 Å². The highest BCUT2D eigenvalue weighted by atomic mass is 19.1. The molecule has 0 bridgehead atoms. The van der Waals surface area contributed by atoms with Gasteiger partial charge in [-0.05, 0) is 55.2 Å². The Balaban J connectivity index is 1.75. The zero-order valence-corrected chi connectivity index (χ0v) is 12.3. The van der Waals surface area contributed by atoms with Gasteiger partial charge in [-0.15, -0.1) is 0 Å². The zero-order chi connectivity index (χ0) is 14.7. The molecular formula is C17H20FN3. The molecule has 1 aliphatic rings. The second-order valence-corrected chi connectivity index (χ2v) is 5.49. The van der Waals surface area contributed by atoms with Crippen LogP contribution >= 0.6 is 0 Å². The van der Waals surface area contributed by atoms with Crippen molar-refractivity contribution in [3.05, 3.63) is 53.5 Å². The Kier molecular flexibility index (Phi) is 4.04. The molecule has 4 heteroatoms. The largest absolute Gasteiger partial charge is 0.378 e. The average molecular weight is 285 g/mol. The minimum Gasteiger partial charge on any atom is -0.378 e. The number of nitrogens with zero attached hydrogens (tertiary/aromatic N) is 2. The minimum absolute atomic E-state index is 0.185. The van der Waals surface area contributed by atoms with Crippen LogP contribution in [-0.2, 0) is 6.54 Å². The zero-order valence-electron chi connectivity index (χ0n) is 12.3. The minimum atomic E-state index is -0.185. The van der Waals surface area contributed by atoms with Crippen LogP contribution in [0, 0.1) is 12.7 Å². The molecular weight excluding hydrogens is 265 g/mol. The smallest absolute Gasteiger partial charge is 0.151 e. The van der Waals surface area contributed by atoms with E-state index in [1.807, 2.05) is 25.3 Å². The van der Waals surface area contributed by atoms with Gasteiger partial charge in [-0.2, -0.15) is 0 Å². The van der Waals surface area contributed by atoms with Gasteiger partial charge in [-0.1, -0.05) is 6.07 Å². The summed E-state index contributed by atoms with van der Waals surface area (Å²) in [5.41, 5.74) is 3.12. The third-order valence-electron chi connectivity index (χ3n) is 3.97. The van der Waals surface area contributed by atoms with E-state index in [-0.39, 0.29) is 5.82 Å². The maximum atomic E-state index is 13.1. The normalized spacial score (nSPS) is 14.5. The molecule has 3 rings (SSSR count). The van der Waals surface area contributed by atoms with E-state index in [9.17, 15) is 4.39 Å². The summed E-state index contributed by atoms with van der Waals surface area (Å²) in [5.74, 6) is 0.838. The molecule has 0 saturated carbocycles. The fourth-order valence-electron chi connectivity index (χ4n) is 2.76. The van der Waals surface area contributed by atoms with Crippen molar-refractivity contribution >= 4 is 11.5 Å². The predicted molar refractivity (Wildman–Crippen MR) is 84.1 cm³/mol. The molecule has 1 fully saturated rings.